The lowest BCUT2D eigenvalue weighted by molar-refractivity contribution is -0.384. The van der Waals surface area contributed by atoms with E-state index in [0.717, 1.165) is 10.5 Å². The SMILES string of the molecule is CC(C)c1ccc(NC(=O)CN2C(=O)NC(C)(c3ccc([N+](=O)[O-])cc3)C2=O)cc1. The molecule has 1 fully saturated rings. The molecule has 0 bridgehead atoms. The standard InChI is InChI=1S/C21H22N4O5/c1-13(2)14-4-8-16(9-5-14)22-18(26)12-24-19(27)21(3,23-20(24)28)15-6-10-17(11-7-15)25(29)30/h4-11,13H,12H2,1-3H3,(H,22,26)(H,23,28). The van der Waals surface area contributed by atoms with Crippen molar-refractivity contribution in [1.29, 1.82) is 0 Å². The van der Waals surface area contributed by atoms with Crippen LogP contribution < -0.4 is 10.6 Å². The topological polar surface area (TPSA) is 122 Å². The van der Waals surface area contributed by atoms with Gasteiger partial charge < -0.3 is 10.6 Å². The van der Waals surface area contributed by atoms with Gasteiger partial charge in [0.2, 0.25) is 5.91 Å². The van der Waals surface area contributed by atoms with Crippen molar-refractivity contribution < 1.29 is 19.3 Å². The summed E-state index contributed by atoms with van der Waals surface area (Å²) in [4.78, 5) is 48.7. The van der Waals surface area contributed by atoms with Gasteiger partial charge in [-0.3, -0.25) is 24.6 Å². The fourth-order valence-electron chi connectivity index (χ4n) is 3.25. The molecule has 1 aliphatic heterocycles. The van der Waals surface area contributed by atoms with Crippen LogP contribution in [-0.2, 0) is 15.1 Å². The second-order valence-electron chi connectivity index (χ2n) is 7.58. The van der Waals surface area contributed by atoms with E-state index < -0.39 is 34.9 Å². The van der Waals surface area contributed by atoms with Crippen LogP contribution in [0.4, 0.5) is 16.2 Å². The van der Waals surface area contributed by atoms with E-state index in [1.54, 1.807) is 12.1 Å². The van der Waals surface area contributed by atoms with E-state index in [1.807, 2.05) is 12.1 Å². The predicted octanol–water partition coefficient (Wildman–Crippen LogP) is 3.12. The zero-order valence-electron chi connectivity index (χ0n) is 16.8. The van der Waals surface area contributed by atoms with Crippen molar-refractivity contribution in [2.45, 2.75) is 32.2 Å². The smallest absolute Gasteiger partial charge is 0.325 e. The summed E-state index contributed by atoms with van der Waals surface area (Å²) in [6.45, 7) is 5.18. The maximum atomic E-state index is 12.9. The number of anilines is 1. The summed E-state index contributed by atoms with van der Waals surface area (Å²) in [5.41, 5.74) is 0.541. The number of carbonyl (C=O) groups is 3. The average molecular weight is 410 g/mol. The zero-order valence-corrected chi connectivity index (χ0v) is 16.8. The van der Waals surface area contributed by atoms with E-state index in [0.29, 0.717) is 17.2 Å². The van der Waals surface area contributed by atoms with Crippen molar-refractivity contribution in [3.63, 3.8) is 0 Å². The number of nitro groups is 1. The largest absolute Gasteiger partial charge is 0.325 e. The molecule has 1 aliphatic rings. The Morgan fingerprint density at radius 3 is 2.27 bits per heavy atom. The van der Waals surface area contributed by atoms with Crippen LogP contribution in [0.15, 0.2) is 48.5 Å². The molecule has 1 saturated heterocycles. The van der Waals surface area contributed by atoms with Gasteiger partial charge in [-0.05, 0) is 48.2 Å². The number of imide groups is 1. The van der Waals surface area contributed by atoms with E-state index >= 15 is 0 Å². The first-order valence-corrected chi connectivity index (χ1v) is 9.40. The fraction of sp³-hybridized carbons (Fsp3) is 0.286. The van der Waals surface area contributed by atoms with Gasteiger partial charge in [0.25, 0.3) is 11.6 Å². The number of non-ortho nitro benzene ring substituents is 1. The maximum absolute atomic E-state index is 12.9. The van der Waals surface area contributed by atoms with Crippen LogP contribution >= 0.6 is 0 Å². The highest BCUT2D eigenvalue weighted by Gasteiger charge is 2.49. The summed E-state index contributed by atoms with van der Waals surface area (Å²) in [5, 5.41) is 16.1. The molecule has 30 heavy (non-hydrogen) atoms. The Bertz CT molecular complexity index is 1000. The van der Waals surface area contributed by atoms with Gasteiger partial charge in [-0.2, -0.15) is 0 Å². The minimum absolute atomic E-state index is 0.126. The first kappa shape index (κ1) is 21.0. The highest BCUT2D eigenvalue weighted by atomic mass is 16.6. The van der Waals surface area contributed by atoms with Crippen molar-refractivity contribution in [3.05, 3.63) is 69.8 Å². The highest BCUT2D eigenvalue weighted by Crippen LogP contribution is 2.30. The van der Waals surface area contributed by atoms with Crippen LogP contribution in [0.3, 0.4) is 0 Å². The molecule has 2 N–H and O–H groups in total. The van der Waals surface area contributed by atoms with Crippen LogP contribution in [0, 0.1) is 10.1 Å². The van der Waals surface area contributed by atoms with Gasteiger partial charge in [0.05, 0.1) is 4.92 Å². The number of nitrogens with one attached hydrogen (secondary N) is 2. The molecule has 0 radical (unpaired) electrons. The van der Waals surface area contributed by atoms with Gasteiger partial charge in [-0.15, -0.1) is 0 Å². The van der Waals surface area contributed by atoms with E-state index in [9.17, 15) is 24.5 Å². The average Bonchev–Trinajstić information content (AvgIpc) is 2.92. The number of nitrogens with zero attached hydrogens (tertiary/aromatic N) is 2. The number of hydrogen-bond donors (Lipinski definition) is 2. The molecule has 4 amide bonds. The van der Waals surface area contributed by atoms with Crippen molar-refractivity contribution >= 4 is 29.2 Å². The van der Waals surface area contributed by atoms with E-state index in [4.69, 9.17) is 0 Å². The molecule has 0 aromatic heterocycles. The summed E-state index contributed by atoms with van der Waals surface area (Å²) in [6, 6.07) is 12.0. The minimum atomic E-state index is -1.41. The van der Waals surface area contributed by atoms with Crippen LogP contribution in [0.1, 0.15) is 37.8 Å². The third kappa shape index (κ3) is 4.00. The molecule has 0 aliphatic carbocycles. The third-order valence-corrected chi connectivity index (χ3v) is 5.09. The minimum Gasteiger partial charge on any atom is -0.325 e. The molecule has 2 aromatic rings. The van der Waals surface area contributed by atoms with Gasteiger partial charge >= 0.3 is 6.03 Å². The molecule has 0 saturated carbocycles. The Balaban J connectivity index is 1.71. The molecule has 3 rings (SSSR count). The summed E-state index contributed by atoms with van der Waals surface area (Å²) in [5.74, 6) is -0.756. The van der Waals surface area contributed by atoms with E-state index in [2.05, 4.69) is 24.5 Å². The molecular formula is C21H22N4O5. The van der Waals surface area contributed by atoms with Gasteiger partial charge in [-0.1, -0.05) is 26.0 Å². The number of rotatable bonds is 6. The Morgan fingerprint density at radius 1 is 1.13 bits per heavy atom. The Morgan fingerprint density at radius 2 is 1.73 bits per heavy atom. The second kappa shape index (κ2) is 7.94. The number of urea groups is 1. The highest BCUT2D eigenvalue weighted by molar-refractivity contribution is 6.10. The van der Waals surface area contributed by atoms with E-state index in [-0.39, 0.29) is 5.69 Å². The van der Waals surface area contributed by atoms with Crippen LogP contribution in [0.5, 0.6) is 0 Å². The molecule has 1 heterocycles. The quantitative estimate of drug-likeness (QED) is 0.430. The first-order chi connectivity index (χ1) is 14.1. The second-order valence-corrected chi connectivity index (χ2v) is 7.58. The van der Waals surface area contributed by atoms with E-state index in [1.165, 1.54) is 31.2 Å². The third-order valence-electron chi connectivity index (χ3n) is 5.09. The van der Waals surface area contributed by atoms with Crippen LogP contribution in [0.2, 0.25) is 0 Å². The molecule has 156 valence electrons. The Hall–Kier alpha value is -3.75. The summed E-state index contributed by atoms with van der Waals surface area (Å²) in [7, 11) is 0. The molecule has 1 unspecified atom stereocenters. The number of nitro benzene ring substituents is 1. The predicted molar refractivity (Wildman–Crippen MR) is 110 cm³/mol. The van der Waals surface area contributed by atoms with Gasteiger partial charge in [0, 0.05) is 17.8 Å². The number of hydrogen-bond acceptors (Lipinski definition) is 5. The Kier molecular flexibility index (Phi) is 5.55. The molecule has 0 spiro atoms. The summed E-state index contributed by atoms with van der Waals surface area (Å²) >= 11 is 0. The molecular weight excluding hydrogens is 388 g/mol. The van der Waals surface area contributed by atoms with Crippen LogP contribution in [-0.4, -0.2) is 34.2 Å². The monoisotopic (exact) mass is 410 g/mol. The molecule has 2 aromatic carbocycles. The lowest BCUT2D eigenvalue weighted by atomic mass is 9.92. The summed E-state index contributed by atoms with van der Waals surface area (Å²) in [6.07, 6.45) is 0. The molecule has 1 atom stereocenters. The Labute approximate surface area is 173 Å². The lowest BCUT2D eigenvalue weighted by Crippen LogP contribution is -2.42. The van der Waals surface area contributed by atoms with Crippen molar-refractivity contribution in [2.75, 3.05) is 11.9 Å². The van der Waals surface area contributed by atoms with Crippen LogP contribution in [0.25, 0.3) is 0 Å². The number of amides is 4. The number of carbonyl (C=O) groups excluding carboxylic acids is 3. The fourth-order valence-corrected chi connectivity index (χ4v) is 3.25. The van der Waals surface area contributed by atoms with Crippen molar-refractivity contribution in [3.8, 4) is 0 Å². The zero-order chi connectivity index (χ0) is 22.1. The maximum Gasteiger partial charge on any atom is 0.325 e. The number of benzene rings is 2. The van der Waals surface area contributed by atoms with Gasteiger partial charge in [-0.25, -0.2) is 4.79 Å². The van der Waals surface area contributed by atoms with Crippen molar-refractivity contribution in [2.24, 2.45) is 0 Å². The normalized spacial score (nSPS) is 18.5. The lowest BCUT2D eigenvalue weighted by Gasteiger charge is -2.22. The summed E-state index contributed by atoms with van der Waals surface area (Å²) < 4.78 is 0. The molecule has 9 heteroatoms. The van der Waals surface area contributed by atoms with Crippen molar-refractivity contribution in [1.82, 2.24) is 10.2 Å². The first-order valence-electron chi connectivity index (χ1n) is 9.40. The van der Waals surface area contributed by atoms with Gasteiger partial charge in [0.15, 0.2) is 0 Å². The van der Waals surface area contributed by atoms with Gasteiger partial charge in [0.1, 0.15) is 12.1 Å². The molecule has 9 nitrogen and oxygen atoms in total.